The second-order valence-corrected chi connectivity index (χ2v) is 6.33. The van der Waals surface area contributed by atoms with Gasteiger partial charge in [-0.25, -0.2) is 4.79 Å². The monoisotopic (exact) mass is 366 g/mol. The Morgan fingerprint density at radius 1 is 1.11 bits per heavy atom. The number of para-hydroxylation sites is 2. The summed E-state index contributed by atoms with van der Waals surface area (Å²) in [4.78, 5) is 40.8. The molecule has 0 spiro atoms. The molecule has 1 heterocycles. The average Bonchev–Trinajstić information content (AvgIpc) is 3.10. The molecular weight excluding hydrogens is 344 g/mol. The molecule has 1 fully saturated rings. The van der Waals surface area contributed by atoms with E-state index >= 15 is 0 Å². The molecule has 1 saturated heterocycles. The highest BCUT2D eigenvalue weighted by Gasteiger charge is 2.38. The van der Waals surface area contributed by atoms with Crippen LogP contribution in [-0.2, 0) is 14.3 Å². The number of ether oxygens (including phenoxy) is 1. The summed E-state index contributed by atoms with van der Waals surface area (Å²) in [5.74, 6) is -1.22. The Kier molecular flexibility index (Phi) is 5.54. The number of carbonyl (C=O) groups excluding carboxylic acids is 3. The van der Waals surface area contributed by atoms with Crippen molar-refractivity contribution in [1.82, 2.24) is 0 Å². The maximum atomic E-state index is 13.0. The fourth-order valence-corrected chi connectivity index (χ4v) is 3.39. The molecule has 2 amide bonds. The van der Waals surface area contributed by atoms with Crippen molar-refractivity contribution in [3.63, 3.8) is 0 Å². The van der Waals surface area contributed by atoms with Crippen molar-refractivity contribution in [2.24, 2.45) is 5.92 Å². The minimum Gasteiger partial charge on any atom is -0.465 e. The lowest BCUT2D eigenvalue weighted by atomic mass is 10.1. The third-order valence-corrected chi connectivity index (χ3v) is 4.72. The molecule has 27 heavy (non-hydrogen) atoms. The van der Waals surface area contributed by atoms with Crippen LogP contribution in [0.2, 0.25) is 0 Å². The topological polar surface area (TPSA) is 66.9 Å². The quantitative estimate of drug-likeness (QED) is 0.763. The summed E-state index contributed by atoms with van der Waals surface area (Å²) in [6, 6.07) is 16.2. The molecule has 140 valence electrons. The Morgan fingerprint density at radius 2 is 1.78 bits per heavy atom. The molecule has 2 aromatic rings. The smallest absolute Gasteiger partial charge is 0.339 e. The van der Waals surface area contributed by atoms with Crippen LogP contribution in [0.1, 0.15) is 23.7 Å². The number of hydrogen-bond donors (Lipinski definition) is 0. The van der Waals surface area contributed by atoms with Gasteiger partial charge in [-0.3, -0.25) is 9.59 Å². The zero-order valence-electron chi connectivity index (χ0n) is 15.4. The van der Waals surface area contributed by atoms with E-state index in [1.807, 2.05) is 37.3 Å². The summed E-state index contributed by atoms with van der Waals surface area (Å²) >= 11 is 0. The number of methoxy groups -OCH3 is 1. The van der Waals surface area contributed by atoms with Gasteiger partial charge < -0.3 is 14.5 Å². The standard InChI is InChI=1S/C21H22N2O4/c1-3-22(16-9-5-4-6-10-16)20(25)15-13-19(24)23(14-15)18-12-8-7-11-17(18)21(26)27-2/h4-12,15H,3,13-14H2,1-2H3. The molecule has 0 radical (unpaired) electrons. The SMILES string of the molecule is CCN(C(=O)C1CC(=O)N(c2ccccc2C(=O)OC)C1)c1ccccc1. The van der Waals surface area contributed by atoms with Crippen LogP contribution in [0.4, 0.5) is 11.4 Å². The third kappa shape index (κ3) is 3.69. The van der Waals surface area contributed by atoms with Crippen LogP contribution < -0.4 is 9.80 Å². The third-order valence-electron chi connectivity index (χ3n) is 4.72. The number of hydrogen-bond acceptors (Lipinski definition) is 4. The van der Waals surface area contributed by atoms with Gasteiger partial charge in [0.15, 0.2) is 0 Å². The van der Waals surface area contributed by atoms with E-state index in [-0.39, 0.29) is 24.8 Å². The Morgan fingerprint density at radius 3 is 2.44 bits per heavy atom. The maximum Gasteiger partial charge on any atom is 0.339 e. The molecule has 0 N–H and O–H groups in total. The Labute approximate surface area is 158 Å². The van der Waals surface area contributed by atoms with Crippen LogP contribution in [0.25, 0.3) is 0 Å². The van der Waals surface area contributed by atoms with E-state index in [4.69, 9.17) is 4.74 Å². The summed E-state index contributed by atoms with van der Waals surface area (Å²) in [6.45, 7) is 2.67. The lowest BCUT2D eigenvalue weighted by Gasteiger charge is -2.24. The van der Waals surface area contributed by atoms with Gasteiger partial charge in [0.2, 0.25) is 11.8 Å². The number of anilines is 2. The molecule has 6 nitrogen and oxygen atoms in total. The van der Waals surface area contributed by atoms with E-state index in [1.165, 1.54) is 12.0 Å². The molecule has 0 aromatic heterocycles. The number of esters is 1. The molecular formula is C21H22N2O4. The number of nitrogens with zero attached hydrogens (tertiary/aromatic N) is 2. The second-order valence-electron chi connectivity index (χ2n) is 6.33. The van der Waals surface area contributed by atoms with Gasteiger partial charge in [0.05, 0.1) is 24.3 Å². The van der Waals surface area contributed by atoms with Crippen LogP contribution in [-0.4, -0.2) is 38.0 Å². The fraction of sp³-hybridized carbons (Fsp3) is 0.286. The van der Waals surface area contributed by atoms with E-state index in [1.54, 1.807) is 29.2 Å². The minimum absolute atomic E-state index is 0.0879. The molecule has 1 unspecified atom stereocenters. The van der Waals surface area contributed by atoms with Gasteiger partial charge in [0, 0.05) is 25.2 Å². The number of rotatable bonds is 5. The van der Waals surface area contributed by atoms with Gasteiger partial charge in [-0.2, -0.15) is 0 Å². The van der Waals surface area contributed by atoms with Gasteiger partial charge in [-0.15, -0.1) is 0 Å². The summed E-state index contributed by atoms with van der Waals surface area (Å²) in [6.07, 6.45) is 0.123. The van der Waals surface area contributed by atoms with Crippen LogP contribution in [0.3, 0.4) is 0 Å². The van der Waals surface area contributed by atoms with E-state index in [0.717, 1.165) is 5.69 Å². The first-order valence-corrected chi connectivity index (χ1v) is 8.91. The van der Waals surface area contributed by atoms with Gasteiger partial charge in [-0.1, -0.05) is 30.3 Å². The average molecular weight is 366 g/mol. The van der Waals surface area contributed by atoms with Crippen molar-refractivity contribution in [3.05, 3.63) is 60.2 Å². The summed E-state index contributed by atoms with van der Waals surface area (Å²) in [7, 11) is 1.30. The highest BCUT2D eigenvalue weighted by atomic mass is 16.5. The largest absolute Gasteiger partial charge is 0.465 e. The highest BCUT2D eigenvalue weighted by molar-refractivity contribution is 6.07. The summed E-state index contributed by atoms with van der Waals surface area (Å²) in [5, 5.41) is 0. The van der Waals surface area contributed by atoms with Crippen molar-refractivity contribution < 1.29 is 19.1 Å². The van der Waals surface area contributed by atoms with Crippen LogP contribution in [0.15, 0.2) is 54.6 Å². The van der Waals surface area contributed by atoms with Crippen LogP contribution >= 0.6 is 0 Å². The Hall–Kier alpha value is -3.15. The highest BCUT2D eigenvalue weighted by Crippen LogP contribution is 2.30. The normalized spacial score (nSPS) is 16.3. The predicted molar refractivity (Wildman–Crippen MR) is 103 cm³/mol. The van der Waals surface area contributed by atoms with Gasteiger partial charge >= 0.3 is 5.97 Å². The molecule has 0 bridgehead atoms. The molecule has 1 atom stereocenters. The maximum absolute atomic E-state index is 13.0. The van der Waals surface area contributed by atoms with Crippen molar-refractivity contribution in [3.8, 4) is 0 Å². The predicted octanol–water partition coefficient (Wildman–Crippen LogP) is 2.88. The van der Waals surface area contributed by atoms with Crippen molar-refractivity contribution in [2.75, 3.05) is 30.0 Å². The lowest BCUT2D eigenvalue weighted by Crippen LogP contribution is -2.37. The zero-order valence-corrected chi connectivity index (χ0v) is 15.4. The molecule has 0 saturated carbocycles. The van der Waals surface area contributed by atoms with E-state index in [9.17, 15) is 14.4 Å². The Bertz CT molecular complexity index is 850. The molecule has 0 aliphatic carbocycles. The van der Waals surface area contributed by atoms with E-state index in [0.29, 0.717) is 17.8 Å². The molecule has 1 aliphatic heterocycles. The van der Waals surface area contributed by atoms with Gasteiger partial charge in [0.1, 0.15) is 0 Å². The summed E-state index contributed by atoms with van der Waals surface area (Å²) in [5.41, 5.74) is 1.61. The van der Waals surface area contributed by atoms with E-state index in [2.05, 4.69) is 0 Å². The van der Waals surface area contributed by atoms with Crippen molar-refractivity contribution in [2.45, 2.75) is 13.3 Å². The Balaban J connectivity index is 1.84. The lowest BCUT2D eigenvalue weighted by molar-refractivity contribution is -0.124. The number of benzene rings is 2. The molecule has 1 aliphatic rings. The summed E-state index contributed by atoms with van der Waals surface area (Å²) < 4.78 is 4.81. The van der Waals surface area contributed by atoms with Gasteiger partial charge in [-0.05, 0) is 31.2 Å². The zero-order chi connectivity index (χ0) is 19.4. The minimum atomic E-state index is -0.507. The number of amides is 2. The molecule has 3 rings (SSSR count). The first-order valence-electron chi connectivity index (χ1n) is 8.91. The molecule has 6 heteroatoms. The van der Waals surface area contributed by atoms with Crippen molar-refractivity contribution >= 4 is 29.2 Å². The van der Waals surface area contributed by atoms with Gasteiger partial charge in [0.25, 0.3) is 0 Å². The fourth-order valence-electron chi connectivity index (χ4n) is 3.39. The first-order chi connectivity index (χ1) is 13.1. The van der Waals surface area contributed by atoms with Crippen molar-refractivity contribution in [1.29, 1.82) is 0 Å². The molecule has 2 aromatic carbocycles. The second kappa shape index (κ2) is 8.03. The first kappa shape index (κ1) is 18.6. The van der Waals surface area contributed by atoms with Crippen LogP contribution in [0.5, 0.6) is 0 Å². The van der Waals surface area contributed by atoms with Crippen LogP contribution in [0, 0.1) is 5.92 Å². The van der Waals surface area contributed by atoms with E-state index < -0.39 is 11.9 Å². The number of carbonyl (C=O) groups is 3.